The van der Waals surface area contributed by atoms with E-state index in [-0.39, 0.29) is 12.0 Å². The van der Waals surface area contributed by atoms with E-state index >= 15 is 0 Å². The topological polar surface area (TPSA) is 56.0 Å². The number of nitrogens with one attached hydrogen (secondary N) is 1. The maximum absolute atomic E-state index is 9.44. The molecule has 1 aromatic rings. The van der Waals surface area contributed by atoms with Crippen molar-refractivity contribution in [2.75, 3.05) is 13.2 Å². The highest BCUT2D eigenvalue weighted by atomic mass is 16.2. The molecule has 0 atom stereocenters. The van der Waals surface area contributed by atoms with Gasteiger partial charge in [0.25, 0.3) is 0 Å². The highest BCUT2D eigenvalue weighted by Crippen LogP contribution is 2.43. The summed E-state index contributed by atoms with van der Waals surface area (Å²) in [5.74, 6) is 0. The zero-order valence-electron chi connectivity index (χ0n) is 11.3. The third-order valence-corrected chi connectivity index (χ3v) is 4.00. The standard InChI is InChI=1S/C16H22N2O/c17-13-16(14-7-3-1-4-8-14)11-15(12-16)18-9-5-2-6-10-19/h1,3-4,7-8,15,18-19H,2,5-6,9-12H2. The zero-order chi connectivity index (χ0) is 13.6. The summed E-state index contributed by atoms with van der Waals surface area (Å²) in [6.07, 6.45) is 4.87. The normalized spacial score (nSPS) is 25.6. The first-order chi connectivity index (χ1) is 9.30. The molecule has 3 nitrogen and oxygen atoms in total. The average molecular weight is 258 g/mol. The lowest BCUT2D eigenvalue weighted by molar-refractivity contribution is 0.225. The molecule has 0 radical (unpaired) electrons. The van der Waals surface area contributed by atoms with Gasteiger partial charge in [0.15, 0.2) is 0 Å². The average Bonchev–Trinajstić information content (AvgIpc) is 2.42. The van der Waals surface area contributed by atoms with Crippen molar-refractivity contribution < 1.29 is 5.11 Å². The second kappa shape index (κ2) is 6.70. The Kier molecular flexibility index (Phi) is 4.95. The maximum Gasteiger partial charge on any atom is 0.0852 e. The highest BCUT2D eigenvalue weighted by molar-refractivity contribution is 5.36. The molecule has 0 heterocycles. The summed E-state index contributed by atoms with van der Waals surface area (Å²) in [6.45, 7) is 1.27. The minimum absolute atomic E-state index is 0.274. The van der Waals surface area contributed by atoms with Crippen LogP contribution in [0.15, 0.2) is 30.3 Å². The van der Waals surface area contributed by atoms with Gasteiger partial charge in [-0.3, -0.25) is 0 Å². The van der Waals surface area contributed by atoms with E-state index in [1.54, 1.807) is 0 Å². The molecule has 0 aliphatic heterocycles. The summed E-state index contributed by atoms with van der Waals surface area (Å²) in [5, 5.41) is 21.7. The molecule has 1 aliphatic carbocycles. The molecule has 2 N–H and O–H groups in total. The molecule has 0 spiro atoms. The second-order valence-corrected chi connectivity index (χ2v) is 5.40. The fourth-order valence-electron chi connectivity index (χ4n) is 2.79. The molecular formula is C16H22N2O. The van der Waals surface area contributed by atoms with E-state index in [0.29, 0.717) is 6.04 Å². The van der Waals surface area contributed by atoms with Crippen LogP contribution >= 0.6 is 0 Å². The van der Waals surface area contributed by atoms with Crippen molar-refractivity contribution >= 4 is 0 Å². The first-order valence-corrected chi connectivity index (χ1v) is 7.12. The second-order valence-electron chi connectivity index (χ2n) is 5.40. The minimum Gasteiger partial charge on any atom is -0.396 e. The molecule has 1 aliphatic rings. The molecule has 0 bridgehead atoms. The van der Waals surface area contributed by atoms with Crippen LogP contribution in [-0.4, -0.2) is 24.3 Å². The van der Waals surface area contributed by atoms with E-state index in [1.807, 2.05) is 18.2 Å². The number of unbranched alkanes of at least 4 members (excludes halogenated alkanes) is 2. The van der Waals surface area contributed by atoms with Crippen LogP contribution in [-0.2, 0) is 5.41 Å². The fourth-order valence-corrected chi connectivity index (χ4v) is 2.79. The van der Waals surface area contributed by atoms with Gasteiger partial charge in [0.2, 0.25) is 0 Å². The largest absolute Gasteiger partial charge is 0.396 e. The van der Waals surface area contributed by atoms with Crippen molar-refractivity contribution in [1.82, 2.24) is 5.32 Å². The van der Waals surface area contributed by atoms with Crippen molar-refractivity contribution in [3.05, 3.63) is 35.9 Å². The highest BCUT2D eigenvalue weighted by Gasteiger charge is 2.45. The van der Waals surface area contributed by atoms with Gasteiger partial charge >= 0.3 is 0 Å². The van der Waals surface area contributed by atoms with Crippen LogP contribution in [0.3, 0.4) is 0 Å². The van der Waals surface area contributed by atoms with Crippen molar-refractivity contribution in [2.45, 2.75) is 43.6 Å². The van der Waals surface area contributed by atoms with Gasteiger partial charge in [-0.25, -0.2) is 0 Å². The Bertz CT molecular complexity index is 418. The number of benzene rings is 1. The Morgan fingerprint density at radius 1 is 1.21 bits per heavy atom. The predicted molar refractivity (Wildman–Crippen MR) is 75.7 cm³/mol. The van der Waals surface area contributed by atoms with E-state index in [0.717, 1.165) is 44.2 Å². The molecule has 0 amide bonds. The fraction of sp³-hybridized carbons (Fsp3) is 0.562. The van der Waals surface area contributed by atoms with Crippen LogP contribution in [0.5, 0.6) is 0 Å². The lowest BCUT2D eigenvalue weighted by atomic mass is 9.62. The Morgan fingerprint density at radius 2 is 1.95 bits per heavy atom. The molecule has 1 fully saturated rings. The minimum atomic E-state index is -0.274. The molecule has 0 unspecified atom stereocenters. The van der Waals surface area contributed by atoms with Gasteiger partial charge < -0.3 is 10.4 Å². The summed E-state index contributed by atoms with van der Waals surface area (Å²) < 4.78 is 0. The number of hydrogen-bond acceptors (Lipinski definition) is 3. The predicted octanol–water partition coefficient (Wildman–Crippen LogP) is 2.36. The number of hydrogen-bond donors (Lipinski definition) is 2. The Morgan fingerprint density at radius 3 is 2.58 bits per heavy atom. The molecule has 1 aromatic carbocycles. The maximum atomic E-state index is 9.44. The van der Waals surface area contributed by atoms with Crippen LogP contribution in [0.4, 0.5) is 0 Å². The third kappa shape index (κ3) is 3.34. The summed E-state index contributed by atoms with van der Waals surface area (Å²) in [5.41, 5.74) is 0.875. The van der Waals surface area contributed by atoms with Crippen LogP contribution in [0.2, 0.25) is 0 Å². The number of aliphatic hydroxyl groups excluding tert-OH is 1. The molecule has 3 heteroatoms. The summed E-state index contributed by atoms with van der Waals surface area (Å²) in [4.78, 5) is 0. The van der Waals surface area contributed by atoms with E-state index < -0.39 is 0 Å². The SMILES string of the molecule is N#CC1(c2ccccc2)CC(NCCCCCO)C1. The number of nitriles is 1. The Hall–Kier alpha value is -1.37. The summed E-state index contributed by atoms with van der Waals surface area (Å²) in [7, 11) is 0. The van der Waals surface area contributed by atoms with Gasteiger partial charge in [-0.05, 0) is 44.2 Å². The molecule has 0 saturated heterocycles. The van der Waals surface area contributed by atoms with Gasteiger partial charge in [0.05, 0.1) is 11.5 Å². The zero-order valence-corrected chi connectivity index (χ0v) is 11.3. The van der Waals surface area contributed by atoms with E-state index in [9.17, 15) is 5.26 Å². The van der Waals surface area contributed by atoms with Gasteiger partial charge in [0.1, 0.15) is 0 Å². The molecule has 2 rings (SSSR count). The van der Waals surface area contributed by atoms with E-state index in [4.69, 9.17) is 5.11 Å². The summed E-state index contributed by atoms with van der Waals surface area (Å²) in [6, 6.07) is 13.1. The van der Waals surface area contributed by atoms with Gasteiger partial charge in [0, 0.05) is 12.6 Å². The monoisotopic (exact) mass is 258 g/mol. The van der Waals surface area contributed by atoms with Crippen molar-refractivity contribution in [2.24, 2.45) is 0 Å². The van der Waals surface area contributed by atoms with Crippen molar-refractivity contribution in [1.29, 1.82) is 5.26 Å². The quantitative estimate of drug-likeness (QED) is 0.738. The van der Waals surface area contributed by atoms with Gasteiger partial charge in [-0.1, -0.05) is 30.3 Å². The first kappa shape index (κ1) is 14.0. The van der Waals surface area contributed by atoms with E-state index in [2.05, 4.69) is 23.5 Å². The van der Waals surface area contributed by atoms with E-state index in [1.165, 1.54) is 0 Å². The van der Waals surface area contributed by atoms with Crippen LogP contribution in [0.1, 0.15) is 37.7 Å². The van der Waals surface area contributed by atoms with Crippen LogP contribution in [0, 0.1) is 11.3 Å². The van der Waals surface area contributed by atoms with Crippen LogP contribution < -0.4 is 5.32 Å². The number of aliphatic hydroxyl groups is 1. The lowest BCUT2D eigenvalue weighted by Gasteiger charge is -2.43. The van der Waals surface area contributed by atoms with Crippen LogP contribution in [0.25, 0.3) is 0 Å². The first-order valence-electron chi connectivity index (χ1n) is 7.12. The lowest BCUT2D eigenvalue weighted by Crippen LogP contribution is -2.51. The smallest absolute Gasteiger partial charge is 0.0852 e. The Balaban J connectivity index is 1.76. The summed E-state index contributed by atoms with van der Waals surface area (Å²) >= 11 is 0. The molecular weight excluding hydrogens is 236 g/mol. The molecule has 0 aromatic heterocycles. The number of rotatable bonds is 7. The number of nitrogens with zero attached hydrogens (tertiary/aromatic N) is 1. The Labute approximate surface area is 115 Å². The van der Waals surface area contributed by atoms with Gasteiger partial charge in [-0.2, -0.15) is 5.26 Å². The van der Waals surface area contributed by atoms with Crippen molar-refractivity contribution in [3.63, 3.8) is 0 Å². The molecule has 102 valence electrons. The van der Waals surface area contributed by atoms with Crippen molar-refractivity contribution in [3.8, 4) is 6.07 Å². The van der Waals surface area contributed by atoms with Gasteiger partial charge in [-0.15, -0.1) is 0 Å². The third-order valence-electron chi connectivity index (χ3n) is 4.00. The molecule has 19 heavy (non-hydrogen) atoms. The molecule has 1 saturated carbocycles.